The zero-order chi connectivity index (χ0) is 20.7. The number of hydrogen-bond acceptors (Lipinski definition) is 3. The summed E-state index contributed by atoms with van der Waals surface area (Å²) in [5.41, 5.74) is 4.64. The summed E-state index contributed by atoms with van der Waals surface area (Å²) in [6.07, 6.45) is 6.76. The van der Waals surface area contributed by atoms with E-state index in [4.69, 9.17) is 4.74 Å². The average Bonchev–Trinajstić information content (AvgIpc) is 3.05. The Morgan fingerprint density at radius 1 is 1.06 bits per heavy atom. The molecule has 2 aliphatic rings. The van der Waals surface area contributed by atoms with E-state index < -0.39 is 0 Å². The maximum Gasteiger partial charge on any atom is 0.222 e. The number of carbonyl (C=O) groups excluding carboxylic acids is 1. The predicted octanol–water partition coefficient (Wildman–Crippen LogP) is 5.94. The fourth-order valence-corrected chi connectivity index (χ4v) is 5.32. The minimum absolute atomic E-state index is 0. The summed E-state index contributed by atoms with van der Waals surface area (Å²) >= 11 is 0. The first-order valence-corrected chi connectivity index (χ1v) is 11.1. The summed E-state index contributed by atoms with van der Waals surface area (Å²) < 4.78 is 6.34. The number of aromatic nitrogens is 1. The maximum absolute atomic E-state index is 12.3. The third-order valence-electron chi connectivity index (χ3n) is 6.78. The third-order valence-corrected chi connectivity index (χ3v) is 6.78. The molecule has 2 atom stereocenters. The second-order valence-corrected chi connectivity index (χ2v) is 8.59. The Balaban J connectivity index is 0.00000231. The molecular formula is C26H29ClN2O2. The van der Waals surface area contributed by atoms with E-state index in [1.54, 1.807) is 0 Å². The lowest BCUT2D eigenvalue weighted by atomic mass is 9.97. The van der Waals surface area contributed by atoms with Gasteiger partial charge in [0.05, 0.1) is 5.52 Å². The molecule has 0 radical (unpaired) electrons. The Hall–Kier alpha value is -2.59. The third kappa shape index (κ3) is 4.01. The Kier molecular flexibility index (Phi) is 6.19. The van der Waals surface area contributed by atoms with Crippen molar-refractivity contribution in [2.75, 3.05) is 0 Å². The number of piperidine rings is 1. The van der Waals surface area contributed by atoms with E-state index in [0.717, 1.165) is 36.9 Å². The molecule has 5 rings (SSSR count). The lowest BCUT2D eigenvalue weighted by Gasteiger charge is -2.38. The van der Waals surface area contributed by atoms with Crippen LogP contribution in [0.5, 0.6) is 5.75 Å². The van der Waals surface area contributed by atoms with Gasteiger partial charge in [0, 0.05) is 42.9 Å². The van der Waals surface area contributed by atoms with Crippen LogP contribution in [0, 0.1) is 6.92 Å². The zero-order valence-electron chi connectivity index (χ0n) is 18.1. The Morgan fingerprint density at radius 3 is 2.45 bits per heavy atom. The van der Waals surface area contributed by atoms with Gasteiger partial charge in [0.2, 0.25) is 5.91 Å². The summed E-state index contributed by atoms with van der Waals surface area (Å²) in [6.45, 7) is 4.09. The smallest absolute Gasteiger partial charge is 0.222 e. The van der Waals surface area contributed by atoms with Gasteiger partial charge in [0.25, 0.3) is 0 Å². The lowest BCUT2D eigenvalue weighted by Crippen LogP contribution is -2.49. The van der Waals surface area contributed by atoms with Crippen LogP contribution >= 0.6 is 12.4 Å². The molecule has 5 heteroatoms. The van der Waals surface area contributed by atoms with E-state index in [-0.39, 0.29) is 18.5 Å². The number of rotatable bonds is 4. The van der Waals surface area contributed by atoms with Gasteiger partial charge in [-0.3, -0.25) is 9.78 Å². The van der Waals surface area contributed by atoms with Gasteiger partial charge in [-0.05, 0) is 54.7 Å². The van der Waals surface area contributed by atoms with Crippen LogP contribution in [0.4, 0.5) is 0 Å². The molecule has 3 heterocycles. The highest BCUT2D eigenvalue weighted by Gasteiger charge is 2.43. The number of pyridine rings is 1. The molecule has 31 heavy (non-hydrogen) atoms. The van der Waals surface area contributed by atoms with Crippen LogP contribution in [0.15, 0.2) is 54.7 Å². The highest BCUT2D eigenvalue weighted by Crippen LogP contribution is 2.38. The van der Waals surface area contributed by atoms with Crippen LogP contribution in [0.3, 0.4) is 0 Å². The van der Waals surface area contributed by atoms with Crippen molar-refractivity contribution in [1.82, 2.24) is 9.88 Å². The van der Waals surface area contributed by atoms with Crippen LogP contribution in [-0.2, 0) is 4.79 Å². The number of nitrogens with zero attached hydrogens (tertiary/aromatic N) is 2. The number of benzene rings is 2. The fourth-order valence-electron chi connectivity index (χ4n) is 5.32. The number of hydrogen-bond donors (Lipinski definition) is 0. The number of halogens is 1. The summed E-state index contributed by atoms with van der Waals surface area (Å²) in [7, 11) is 0. The molecule has 2 fully saturated rings. The van der Waals surface area contributed by atoms with Crippen molar-refractivity contribution in [3.8, 4) is 16.9 Å². The quantitative estimate of drug-likeness (QED) is 0.508. The molecule has 162 valence electrons. The van der Waals surface area contributed by atoms with Gasteiger partial charge >= 0.3 is 0 Å². The van der Waals surface area contributed by atoms with Crippen molar-refractivity contribution in [1.29, 1.82) is 0 Å². The van der Waals surface area contributed by atoms with Crippen molar-refractivity contribution in [2.45, 2.75) is 64.1 Å². The number of fused-ring (bicyclic) bond motifs is 3. The highest BCUT2D eigenvalue weighted by atomic mass is 35.5. The minimum atomic E-state index is 0. The minimum Gasteiger partial charge on any atom is -0.490 e. The molecule has 0 aliphatic carbocycles. The molecule has 0 spiro atoms. The second kappa shape index (κ2) is 8.88. The number of carbonyl (C=O) groups is 1. The van der Waals surface area contributed by atoms with Gasteiger partial charge in [-0.1, -0.05) is 37.3 Å². The molecule has 1 aromatic heterocycles. The van der Waals surface area contributed by atoms with E-state index in [0.29, 0.717) is 24.4 Å². The number of aryl methyl sites for hydroxylation is 1. The first kappa shape index (κ1) is 21.6. The first-order valence-electron chi connectivity index (χ1n) is 11.1. The van der Waals surface area contributed by atoms with Crippen LogP contribution < -0.4 is 4.74 Å². The summed E-state index contributed by atoms with van der Waals surface area (Å²) in [5, 5.41) is 1.17. The van der Waals surface area contributed by atoms with Crippen LogP contribution in [-0.4, -0.2) is 34.0 Å². The molecule has 0 saturated carbocycles. The topological polar surface area (TPSA) is 42.4 Å². The number of ether oxygens (including phenoxy) is 1. The molecule has 0 N–H and O–H groups in total. The predicted molar refractivity (Wildman–Crippen MR) is 127 cm³/mol. The Morgan fingerprint density at radius 2 is 1.77 bits per heavy atom. The van der Waals surface area contributed by atoms with Gasteiger partial charge in [-0.15, -0.1) is 12.4 Å². The average molecular weight is 437 g/mol. The van der Waals surface area contributed by atoms with Crippen molar-refractivity contribution < 1.29 is 9.53 Å². The molecular weight excluding hydrogens is 408 g/mol. The van der Waals surface area contributed by atoms with Crippen molar-refractivity contribution in [3.63, 3.8) is 0 Å². The van der Waals surface area contributed by atoms with Crippen molar-refractivity contribution in [3.05, 3.63) is 60.3 Å². The van der Waals surface area contributed by atoms with E-state index in [9.17, 15) is 4.79 Å². The molecule has 3 aromatic rings. The molecule has 2 aliphatic heterocycles. The molecule has 4 nitrogen and oxygen atoms in total. The highest BCUT2D eigenvalue weighted by molar-refractivity contribution is 5.88. The van der Waals surface area contributed by atoms with Crippen molar-refractivity contribution >= 4 is 29.2 Å². The van der Waals surface area contributed by atoms with Crippen LogP contribution in [0.2, 0.25) is 0 Å². The molecule has 2 unspecified atom stereocenters. The van der Waals surface area contributed by atoms with Crippen molar-refractivity contribution in [2.24, 2.45) is 0 Å². The second-order valence-electron chi connectivity index (χ2n) is 8.59. The van der Waals surface area contributed by atoms with Gasteiger partial charge in [-0.2, -0.15) is 0 Å². The summed E-state index contributed by atoms with van der Waals surface area (Å²) in [5.74, 6) is 1.21. The summed E-state index contributed by atoms with van der Waals surface area (Å²) in [4.78, 5) is 18.9. The molecule has 2 saturated heterocycles. The zero-order valence-corrected chi connectivity index (χ0v) is 18.9. The summed E-state index contributed by atoms with van der Waals surface area (Å²) in [6, 6.07) is 17.5. The standard InChI is InChI=1S/C26H28N2O2.ClH/c1-3-25(29)28-20-9-10-21(28)16-23(15-20)30-22-11-6-18(7-12-22)24-13-8-19-5-4-14-27-26(19)17(24)2;/h4-8,11-14,20-21,23H,3,9-10,15-16H2,1-2H3;1H. The molecule has 2 aromatic carbocycles. The van der Waals surface area contributed by atoms with E-state index >= 15 is 0 Å². The van der Waals surface area contributed by atoms with E-state index in [1.807, 2.05) is 19.2 Å². The van der Waals surface area contributed by atoms with Crippen LogP contribution in [0.25, 0.3) is 22.0 Å². The Labute approximate surface area is 190 Å². The Bertz CT molecular complexity index is 1070. The number of amides is 1. The lowest BCUT2D eigenvalue weighted by molar-refractivity contribution is -0.136. The van der Waals surface area contributed by atoms with Gasteiger partial charge in [0.1, 0.15) is 11.9 Å². The maximum atomic E-state index is 12.3. The fraction of sp³-hybridized carbons (Fsp3) is 0.385. The largest absolute Gasteiger partial charge is 0.490 e. The monoisotopic (exact) mass is 436 g/mol. The van der Waals surface area contributed by atoms with Gasteiger partial charge in [-0.25, -0.2) is 0 Å². The van der Waals surface area contributed by atoms with E-state index in [2.05, 4.69) is 59.3 Å². The van der Waals surface area contributed by atoms with Crippen LogP contribution in [0.1, 0.15) is 44.6 Å². The normalized spacial score (nSPS) is 22.3. The molecule has 1 amide bonds. The molecule has 2 bridgehead atoms. The SMILES string of the molecule is CCC(=O)N1C2CCC1CC(Oc1ccc(-c3ccc4cccnc4c3C)cc1)C2.Cl. The first-order chi connectivity index (χ1) is 14.6. The van der Waals surface area contributed by atoms with Gasteiger partial charge < -0.3 is 9.64 Å². The van der Waals surface area contributed by atoms with Gasteiger partial charge in [0.15, 0.2) is 0 Å². The van der Waals surface area contributed by atoms with E-state index in [1.165, 1.54) is 22.1 Å².